The summed E-state index contributed by atoms with van der Waals surface area (Å²) >= 11 is 0. The zero-order valence-electron chi connectivity index (χ0n) is 15.8. The molecule has 1 aromatic carbocycles. The van der Waals surface area contributed by atoms with Crippen LogP contribution in [0.5, 0.6) is 11.5 Å². The number of carbonyl (C=O) groups is 1. The average Bonchev–Trinajstić information content (AvgIpc) is 3.40. The van der Waals surface area contributed by atoms with Crippen molar-refractivity contribution in [1.29, 1.82) is 0 Å². The summed E-state index contributed by atoms with van der Waals surface area (Å²) in [5.74, 6) is 1.24. The van der Waals surface area contributed by atoms with Gasteiger partial charge in [-0.3, -0.25) is 9.69 Å². The Kier molecular flexibility index (Phi) is 4.74. The van der Waals surface area contributed by atoms with E-state index in [-0.39, 0.29) is 12.7 Å². The number of hydrogen-bond acceptors (Lipinski definition) is 7. The van der Waals surface area contributed by atoms with Crippen molar-refractivity contribution < 1.29 is 19.0 Å². The van der Waals surface area contributed by atoms with Crippen molar-refractivity contribution in [2.24, 2.45) is 0 Å². The second-order valence-corrected chi connectivity index (χ2v) is 6.90. The van der Waals surface area contributed by atoms with Crippen LogP contribution in [-0.4, -0.2) is 71.6 Å². The molecule has 9 nitrogen and oxygen atoms in total. The highest BCUT2D eigenvalue weighted by molar-refractivity contribution is 5.99. The first-order valence-electron chi connectivity index (χ1n) is 9.61. The largest absolute Gasteiger partial charge is 0.454 e. The van der Waals surface area contributed by atoms with Crippen LogP contribution >= 0.6 is 0 Å². The Labute approximate surface area is 167 Å². The minimum absolute atomic E-state index is 0.177. The second-order valence-electron chi connectivity index (χ2n) is 6.90. The van der Waals surface area contributed by atoms with E-state index in [9.17, 15) is 4.79 Å². The van der Waals surface area contributed by atoms with Crippen LogP contribution < -0.4 is 14.8 Å². The fourth-order valence-corrected chi connectivity index (χ4v) is 3.57. The summed E-state index contributed by atoms with van der Waals surface area (Å²) in [5.41, 5.74) is 2.70. The Morgan fingerprint density at radius 3 is 2.90 bits per heavy atom. The van der Waals surface area contributed by atoms with E-state index in [4.69, 9.17) is 14.2 Å². The van der Waals surface area contributed by atoms with Crippen LogP contribution in [0.15, 0.2) is 36.7 Å². The minimum atomic E-state index is -0.177. The zero-order valence-corrected chi connectivity index (χ0v) is 15.8. The predicted octanol–water partition coefficient (Wildman–Crippen LogP) is 1.19. The fraction of sp³-hybridized carbons (Fsp3) is 0.350. The van der Waals surface area contributed by atoms with Gasteiger partial charge in [-0.05, 0) is 24.3 Å². The number of morpholine rings is 1. The maximum absolute atomic E-state index is 12.7. The summed E-state index contributed by atoms with van der Waals surface area (Å²) in [6.07, 6.45) is 3.24. The lowest BCUT2D eigenvalue weighted by Crippen LogP contribution is -2.41. The van der Waals surface area contributed by atoms with Crippen LogP contribution in [0, 0.1) is 0 Å². The number of carbonyl (C=O) groups excluding carboxylic acids is 1. The van der Waals surface area contributed by atoms with Gasteiger partial charge in [0.25, 0.3) is 5.91 Å². The van der Waals surface area contributed by atoms with Crippen LogP contribution in [0.2, 0.25) is 0 Å². The van der Waals surface area contributed by atoms with E-state index < -0.39 is 0 Å². The van der Waals surface area contributed by atoms with E-state index in [1.165, 1.54) is 0 Å². The molecule has 1 N–H and O–H groups in total. The van der Waals surface area contributed by atoms with Crippen molar-refractivity contribution in [3.05, 3.63) is 42.2 Å². The number of nitrogens with one attached hydrogen (secondary N) is 1. The summed E-state index contributed by atoms with van der Waals surface area (Å²) < 4.78 is 17.9. The molecule has 0 aliphatic carbocycles. The summed E-state index contributed by atoms with van der Waals surface area (Å²) in [5, 5.41) is 7.37. The van der Waals surface area contributed by atoms with E-state index >= 15 is 0 Å². The molecule has 0 saturated carbocycles. The van der Waals surface area contributed by atoms with Gasteiger partial charge in [0, 0.05) is 37.9 Å². The van der Waals surface area contributed by atoms with Gasteiger partial charge in [-0.2, -0.15) is 5.10 Å². The third-order valence-corrected chi connectivity index (χ3v) is 5.13. The number of nitrogens with zero attached hydrogens (tertiary/aromatic N) is 4. The van der Waals surface area contributed by atoms with E-state index in [1.54, 1.807) is 16.9 Å². The number of amides is 1. The molecule has 0 unspecified atom stereocenters. The van der Waals surface area contributed by atoms with E-state index in [2.05, 4.69) is 20.3 Å². The molecule has 4 heterocycles. The van der Waals surface area contributed by atoms with Gasteiger partial charge in [0.15, 0.2) is 17.1 Å². The van der Waals surface area contributed by atoms with Crippen LogP contribution in [0.1, 0.15) is 10.4 Å². The molecular formula is C20H21N5O4. The monoisotopic (exact) mass is 395 g/mol. The number of benzene rings is 1. The predicted molar refractivity (Wildman–Crippen MR) is 104 cm³/mol. The van der Waals surface area contributed by atoms with E-state index in [1.807, 2.05) is 24.3 Å². The van der Waals surface area contributed by atoms with Crippen molar-refractivity contribution in [2.75, 3.05) is 46.2 Å². The lowest BCUT2D eigenvalue weighted by atomic mass is 10.1. The fourth-order valence-electron chi connectivity index (χ4n) is 3.57. The topological polar surface area (TPSA) is 90.2 Å². The van der Waals surface area contributed by atoms with Crippen LogP contribution in [-0.2, 0) is 4.74 Å². The Morgan fingerprint density at radius 1 is 1.14 bits per heavy atom. The van der Waals surface area contributed by atoms with E-state index in [0.29, 0.717) is 23.5 Å². The second kappa shape index (κ2) is 7.69. The molecule has 1 amide bonds. The standard InChI is InChI=1S/C20H21N5O4/c26-20(22-5-6-24-7-9-27-10-8-24)15-12-23-25-16(3-4-21-19(15)25)14-1-2-17-18(11-14)29-13-28-17/h1-4,11-12H,5-10,13H2,(H,22,26). The lowest BCUT2D eigenvalue weighted by Gasteiger charge is -2.26. The highest BCUT2D eigenvalue weighted by atomic mass is 16.7. The molecule has 29 heavy (non-hydrogen) atoms. The highest BCUT2D eigenvalue weighted by Gasteiger charge is 2.19. The van der Waals surface area contributed by atoms with Gasteiger partial charge in [0.1, 0.15) is 5.56 Å². The van der Waals surface area contributed by atoms with Crippen molar-refractivity contribution in [2.45, 2.75) is 0 Å². The molecule has 3 aromatic rings. The minimum Gasteiger partial charge on any atom is -0.454 e. The number of rotatable bonds is 5. The van der Waals surface area contributed by atoms with Gasteiger partial charge in [-0.25, -0.2) is 9.50 Å². The zero-order chi connectivity index (χ0) is 19.6. The number of hydrogen-bond donors (Lipinski definition) is 1. The van der Waals surface area contributed by atoms with Crippen molar-refractivity contribution in [1.82, 2.24) is 24.8 Å². The smallest absolute Gasteiger partial charge is 0.256 e. The SMILES string of the molecule is O=C(NCCN1CCOCC1)c1cnn2c(-c3ccc4c(c3)OCO4)ccnc12. The van der Waals surface area contributed by atoms with E-state index in [0.717, 1.165) is 49.9 Å². The third kappa shape index (κ3) is 3.50. The molecule has 150 valence electrons. The summed E-state index contributed by atoms with van der Waals surface area (Å²) in [4.78, 5) is 19.3. The molecule has 0 radical (unpaired) electrons. The molecule has 0 spiro atoms. The van der Waals surface area contributed by atoms with Gasteiger partial charge in [0.05, 0.1) is 25.1 Å². The Balaban J connectivity index is 1.35. The van der Waals surface area contributed by atoms with Crippen molar-refractivity contribution in [3.8, 4) is 22.8 Å². The average molecular weight is 395 g/mol. The Morgan fingerprint density at radius 2 is 2.00 bits per heavy atom. The first-order chi connectivity index (χ1) is 14.3. The molecule has 9 heteroatoms. The van der Waals surface area contributed by atoms with Gasteiger partial charge < -0.3 is 19.5 Å². The molecule has 1 fully saturated rings. The van der Waals surface area contributed by atoms with Gasteiger partial charge in [-0.15, -0.1) is 0 Å². The van der Waals surface area contributed by atoms with Crippen LogP contribution in [0.3, 0.4) is 0 Å². The quantitative estimate of drug-likeness (QED) is 0.694. The van der Waals surface area contributed by atoms with Crippen molar-refractivity contribution >= 4 is 11.6 Å². The number of ether oxygens (including phenoxy) is 3. The Hall–Kier alpha value is -3.17. The number of fused-ring (bicyclic) bond motifs is 2. The first-order valence-corrected chi connectivity index (χ1v) is 9.61. The molecule has 2 aliphatic rings. The first kappa shape index (κ1) is 17.9. The molecule has 2 aliphatic heterocycles. The molecule has 0 atom stereocenters. The summed E-state index contributed by atoms with van der Waals surface area (Å²) in [6.45, 7) is 4.87. The maximum atomic E-state index is 12.7. The summed E-state index contributed by atoms with van der Waals surface area (Å²) in [6, 6.07) is 7.57. The van der Waals surface area contributed by atoms with Gasteiger partial charge in [-0.1, -0.05) is 0 Å². The lowest BCUT2D eigenvalue weighted by molar-refractivity contribution is 0.0383. The summed E-state index contributed by atoms with van der Waals surface area (Å²) in [7, 11) is 0. The number of aromatic nitrogens is 3. The normalized spacial score (nSPS) is 16.3. The molecular weight excluding hydrogens is 374 g/mol. The van der Waals surface area contributed by atoms with Crippen LogP contribution in [0.25, 0.3) is 16.9 Å². The molecule has 1 saturated heterocycles. The third-order valence-electron chi connectivity index (χ3n) is 5.13. The van der Waals surface area contributed by atoms with Crippen molar-refractivity contribution in [3.63, 3.8) is 0 Å². The molecule has 0 bridgehead atoms. The maximum Gasteiger partial charge on any atom is 0.256 e. The van der Waals surface area contributed by atoms with Gasteiger partial charge in [0.2, 0.25) is 6.79 Å². The van der Waals surface area contributed by atoms with Gasteiger partial charge >= 0.3 is 0 Å². The highest BCUT2D eigenvalue weighted by Crippen LogP contribution is 2.35. The van der Waals surface area contributed by atoms with Crippen LogP contribution in [0.4, 0.5) is 0 Å². The molecule has 2 aromatic heterocycles. The molecule has 5 rings (SSSR count). The Bertz CT molecular complexity index is 1040.